The minimum Gasteiger partial charge on any atom is -0.480 e. The van der Waals surface area contributed by atoms with E-state index < -0.39 is 16.0 Å². The van der Waals surface area contributed by atoms with Crippen molar-refractivity contribution in [3.05, 3.63) is 29.3 Å². The van der Waals surface area contributed by atoms with Crippen LogP contribution in [0.4, 0.5) is 0 Å². The number of sulfonamides is 1. The van der Waals surface area contributed by atoms with Crippen LogP contribution in [0.25, 0.3) is 0 Å². The number of aryl methyl sites for hydroxylation is 2. The number of carbonyl (C=O) groups is 1. The molecule has 138 valence electrons. The maximum Gasteiger partial charge on any atom is 0.317 e. The summed E-state index contributed by atoms with van der Waals surface area (Å²) < 4.78 is 33.0. The van der Waals surface area contributed by atoms with Crippen molar-refractivity contribution in [3.8, 4) is 0 Å². The summed E-state index contributed by atoms with van der Waals surface area (Å²) >= 11 is 0. The van der Waals surface area contributed by atoms with Gasteiger partial charge in [-0.15, -0.1) is 0 Å². The molecule has 2 aliphatic rings. The minimum absolute atomic E-state index is 0.0998. The van der Waals surface area contributed by atoms with Crippen molar-refractivity contribution in [2.45, 2.75) is 30.3 Å². The van der Waals surface area contributed by atoms with Crippen LogP contribution in [0.3, 0.4) is 0 Å². The summed E-state index contributed by atoms with van der Waals surface area (Å²) in [5, 5.41) is 8.83. The monoisotopic (exact) mass is 368 g/mol. The highest BCUT2D eigenvalue weighted by Crippen LogP contribution is 2.27. The Morgan fingerprint density at radius 3 is 2.88 bits per heavy atom. The van der Waals surface area contributed by atoms with E-state index in [4.69, 9.17) is 9.84 Å². The number of carboxylic acid groups (broad SMARTS) is 1. The first kappa shape index (κ1) is 18.3. The zero-order valence-electron chi connectivity index (χ0n) is 14.3. The van der Waals surface area contributed by atoms with Gasteiger partial charge in [0.2, 0.25) is 10.0 Å². The SMILES string of the molecule is CN(CC(=O)O)CC1CN(S(=O)(=O)c2ccc3c(c2)CCC3)CCO1. The number of morpholine rings is 1. The summed E-state index contributed by atoms with van der Waals surface area (Å²) in [7, 11) is -1.87. The molecule has 1 atom stereocenters. The van der Waals surface area contributed by atoms with Crippen LogP contribution < -0.4 is 0 Å². The maximum atomic E-state index is 13.0. The van der Waals surface area contributed by atoms with E-state index in [1.54, 1.807) is 24.1 Å². The fraction of sp³-hybridized carbons (Fsp3) is 0.588. The molecule has 3 rings (SSSR count). The molecule has 8 heteroatoms. The lowest BCUT2D eigenvalue weighted by molar-refractivity contribution is -0.138. The molecule has 0 amide bonds. The molecular weight excluding hydrogens is 344 g/mol. The summed E-state index contributed by atoms with van der Waals surface area (Å²) in [5.41, 5.74) is 2.38. The Morgan fingerprint density at radius 2 is 2.12 bits per heavy atom. The molecule has 1 saturated heterocycles. The molecule has 0 bridgehead atoms. The van der Waals surface area contributed by atoms with E-state index in [2.05, 4.69) is 0 Å². The first-order valence-electron chi connectivity index (χ1n) is 8.50. The van der Waals surface area contributed by atoms with Crippen LogP contribution in [0.5, 0.6) is 0 Å². The fourth-order valence-electron chi connectivity index (χ4n) is 3.52. The molecule has 1 fully saturated rings. The molecule has 1 heterocycles. The fourth-order valence-corrected chi connectivity index (χ4v) is 5.03. The third-order valence-corrected chi connectivity index (χ3v) is 6.59. The van der Waals surface area contributed by atoms with Gasteiger partial charge in [-0.3, -0.25) is 9.69 Å². The molecule has 1 aromatic rings. The molecule has 1 unspecified atom stereocenters. The predicted octanol–water partition coefficient (Wildman–Crippen LogP) is 0.581. The first-order valence-corrected chi connectivity index (χ1v) is 9.94. The number of rotatable bonds is 6. The standard InChI is InChI=1S/C17H24N2O5S/c1-18(12-17(20)21)10-15-11-19(7-8-24-15)25(22,23)16-6-5-13-3-2-4-14(13)9-16/h5-6,9,15H,2-4,7-8,10-12H2,1H3,(H,20,21). The van der Waals surface area contributed by atoms with Crippen LogP contribution in [0.1, 0.15) is 17.5 Å². The quantitative estimate of drug-likeness (QED) is 0.790. The van der Waals surface area contributed by atoms with Crippen molar-refractivity contribution in [2.75, 3.05) is 39.8 Å². The van der Waals surface area contributed by atoms with Crippen molar-refractivity contribution in [3.63, 3.8) is 0 Å². The molecular formula is C17H24N2O5S. The number of hydrogen-bond donors (Lipinski definition) is 1. The largest absolute Gasteiger partial charge is 0.480 e. The average Bonchev–Trinajstić information content (AvgIpc) is 3.01. The van der Waals surface area contributed by atoms with Gasteiger partial charge in [0.1, 0.15) is 0 Å². The van der Waals surface area contributed by atoms with Crippen LogP contribution in [0.15, 0.2) is 23.1 Å². The van der Waals surface area contributed by atoms with Gasteiger partial charge < -0.3 is 9.84 Å². The van der Waals surface area contributed by atoms with E-state index in [0.29, 0.717) is 24.6 Å². The lowest BCUT2D eigenvalue weighted by Gasteiger charge is -2.33. The number of aliphatic carboxylic acids is 1. The minimum atomic E-state index is -3.56. The Balaban J connectivity index is 1.70. The van der Waals surface area contributed by atoms with Crippen LogP contribution in [0, 0.1) is 0 Å². The van der Waals surface area contributed by atoms with Crippen LogP contribution >= 0.6 is 0 Å². The van der Waals surface area contributed by atoms with Crippen LogP contribution in [-0.4, -0.2) is 74.6 Å². The highest BCUT2D eigenvalue weighted by atomic mass is 32.2. The summed E-state index contributed by atoms with van der Waals surface area (Å²) in [5.74, 6) is -0.916. The normalized spacial score (nSPS) is 21.4. The third-order valence-electron chi connectivity index (χ3n) is 4.73. The number of ether oxygens (including phenoxy) is 1. The van der Waals surface area contributed by atoms with Gasteiger partial charge in [-0.25, -0.2) is 8.42 Å². The zero-order chi connectivity index (χ0) is 18.0. The molecule has 0 aromatic heterocycles. The molecule has 1 aromatic carbocycles. The molecule has 0 radical (unpaired) electrons. The van der Waals surface area contributed by atoms with Gasteiger partial charge >= 0.3 is 5.97 Å². The van der Waals surface area contributed by atoms with Crippen molar-refractivity contribution in [2.24, 2.45) is 0 Å². The second-order valence-corrected chi connectivity index (χ2v) is 8.67. The van der Waals surface area contributed by atoms with Gasteiger partial charge in [-0.1, -0.05) is 6.07 Å². The summed E-state index contributed by atoms with van der Waals surface area (Å²) in [6.07, 6.45) is 2.70. The van der Waals surface area contributed by atoms with Gasteiger partial charge in [0, 0.05) is 19.6 Å². The molecule has 1 aliphatic heterocycles. The van der Waals surface area contributed by atoms with Crippen molar-refractivity contribution in [1.29, 1.82) is 0 Å². The van der Waals surface area contributed by atoms with E-state index in [1.165, 1.54) is 9.87 Å². The number of fused-ring (bicyclic) bond motifs is 1. The molecule has 0 saturated carbocycles. The van der Waals surface area contributed by atoms with E-state index in [0.717, 1.165) is 24.8 Å². The van der Waals surface area contributed by atoms with E-state index in [-0.39, 0.29) is 19.2 Å². The Labute approximate surface area is 148 Å². The van der Waals surface area contributed by atoms with Crippen LogP contribution in [0.2, 0.25) is 0 Å². The molecule has 1 aliphatic carbocycles. The molecule has 7 nitrogen and oxygen atoms in total. The Hall–Kier alpha value is -1.48. The zero-order valence-corrected chi connectivity index (χ0v) is 15.2. The summed E-state index contributed by atoms with van der Waals surface area (Å²) in [6.45, 7) is 1.15. The van der Waals surface area contributed by atoms with Gasteiger partial charge in [0.25, 0.3) is 0 Å². The van der Waals surface area contributed by atoms with Gasteiger partial charge in [-0.05, 0) is 49.6 Å². The Bertz CT molecular complexity index is 749. The smallest absolute Gasteiger partial charge is 0.317 e. The maximum absolute atomic E-state index is 13.0. The van der Waals surface area contributed by atoms with Crippen molar-refractivity contribution >= 4 is 16.0 Å². The summed E-state index contributed by atoms with van der Waals surface area (Å²) in [4.78, 5) is 12.7. The first-order chi connectivity index (χ1) is 11.9. The second-order valence-electron chi connectivity index (χ2n) is 6.73. The van der Waals surface area contributed by atoms with Crippen LogP contribution in [-0.2, 0) is 32.4 Å². The second kappa shape index (κ2) is 7.41. The lowest BCUT2D eigenvalue weighted by Crippen LogP contribution is -2.49. The number of likely N-dealkylation sites (N-methyl/N-ethyl adjacent to an activating group) is 1. The van der Waals surface area contributed by atoms with E-state index in [9.17, 15) is 13.2 Å². The number of benzene rings is 1. The third kappa shape index (κ3) is 4.20. The van der Waals surface area contributed by atoms with Gasteiger partial charge in [-0.2, -0.15) is 4.31 Å². The van der Waals surface area contributed by atoms with E-state index in [1.807, 2.05) is 6.07 Å². The van der Waals surface area contributed by atoms with Crippen molar-refractivity contribution in [1.82, 2.24) is 9.21 Å². The average molecular weight is 368 g/mol. The van der Waals surface area contributed by atoms with Crippen molar-refractivity contribution < 1.29 is 23.1 Å². The van der Waals surface area contributed by atoms with E-state index >= 15 is 0 Å². The van der Waals surface area contributed by atoms with Gasteiger partial charge in [0.05, 0.1) is 24.2 Å². The Morgan fingerprint density at radius 1 is 1.36 bits per heavy atom. The molecule has 1 N–H and O–H groups in total. The number of carboxylic acids is 1. The van der Waals surface area contributed by atoms with Gasteiger partial charge in [0.15, 0.2) is 0 Å². The molecule has 25 heavy (non-hydrogen) atoms. The summed E-state index contributed by atoms with van der Waals surface area (Å²) in [6, 6.07) is 5.42. The topological polar surface area (TPSA) is 87.2 Å². The molecule has 0 spiro atoms. The predicted molar refractivity (Wildman–Crippen MR) is 92.1 cm³/mol. The lowest BCUT2D eigenvalue weighted by atomic mass is 10.1. The number of hydrogen-bond acceptors (Lipinski definition) is 5. The highest BCUT2D eigenvalue weighted by Gasteiger charge is 2.32. The highest BCUT2D eigenvalue weighted by molar-refractivity contribution is 7.89. The number of nitrogens with zero attached hydrogens (tertiary/aromatic N) is 2. The Kier molecular flexibility index (Phi) is 5.43.